The molecule has 4 atom stereocenters. The number of aryl methyl sites for hydroxylation is 1. The van der Waals surface area contributed by atoms with Crippen LogP contribution in [0.15, 0.2) is 135 Å². The Kier molecular flexibility index (Phi) is 30.3. The highest BCUT2D eigenvalue weighted by atomic mass is 15.5. The molecule has 0 amide bonds. The molecule has 1 saturated heterocycles. The molecule has 5 rings (SSSR count). The minimum atomic E-state index is -0.0983. The van der Waals surface area contributed by atoms with Crippen molar-refractivity contribution in [3.63, 3.8) is 0 Å². The normalized spacial score (nSPS) is 13.7. The Bertz CT molecular complexity index is 2270. The summed E-state index contributed by atoms with van der Waals surface area (Å²) in [5.74, 6) is 0.647. The van der Waals surface area contributed by atoms with Crippen LogP contribution in [0.5, 0.6) is 0 Å². The van der Waals surface area contributed by atoms with Crippen LogP contribution in [0.25, 0.3) is 33.3 Å². The van der Waals surface area contributed by atoms with Gasteiger partial charge in [0.1, 0.15) is 0 Å². The minimum absolute atomic E-state index is 0.0157. The number of hydrazine groups is 1. The maximum atomic E-state index is 6.49. The monoisotopic (exact) mass is 984 g/mol. The first-order chi connectivity index (χ1) is 34.3. The zero-order valence-corrected chi connectivity index (χ0v) is 48.9. The van der Waals surface area contributed by atoms with E-state index in [1.54, 1.807) is 6.08 Å². The van der Waals surface area contributed by atoms with E-state index in [0.29, 0.717) is 5.92 Å². The van der Waals surface area contributed by atoms with Gasteiger partial charge in [-0.25, -0.2) is 5.43 Å². The van der Waals surface area contributed by atoms with Gasteiger partial charge in [0, 0.05) is 72.5 Å². The van der Waals surface area contributed by atoms with E-state index in [0.717, 1.165) is 87.2 Å². The van der Waals surface area contributed by atoms with Crippen molar-refractivity contribution in [2.24, 2.45) is 17.1 Å². The summed E-state index contributed by atoms with van der Waals surface area (Å²) in [7, 11) is 2.10. The van der Waals surface area contributed by atoms with Crippen molar-refractivity contribution in [3.8, 4) is 22.4 Å². The molecule has 0 radical (unpaired) electrons. The fourth-order valence-electron chi connectivity index (χ4n) is 9.24. The van der Waals surface area contributed by atoms with Crippen molar-refractivity contribution in [2.75, 3.05) is 20.1 Å². The Morgan fingerprint density at radius 2 is 1.54 bits per heavy atom. The van der Waals surface area contributed by atoms with E-state index in [-0.39, 0.29) is 29.5 Å². The van der Waals surface area contributed by atoms with Crippen molar-refractivity contribution >= 4 is 10.9 Å². The number of rotatable bonds is 23. The second kappa shape index (κ2) is 33.6. The predicted octanol–water partition coefficient (Wildman–Crippen LogP) is 17.0. The van der Waals surface area contributed by atoms with Gasteiger partial charge in [-0.05, 0) is 129 Å². The van der Waals surface area contributed by atoms with Crippen LogP contribution in [0.2, 0.25) is 0 Å². The number of fused-ring (bicyclic) bond motifs is 1. The minimum Gasteiger partial charge on any atom is -0.378 e. The second-order valence-electron chi connectivity index (χ2n) is 20.2. The molecule has 4 N–H and O–H groups in total. The van der Waals surface area contributed by atoms with Gasteiger partial charge in [0.05, 0.1) is 23.5 Å². The van der Waals surface area contributed by atoms with Crippen LogP contribution in [0.3, 0.4) is 0 Å². The number of benzene rings is 2. The molecule has 400 valence electrons. The average Bonchev–Trinajstić information content (AvgIpc) is 3.69. The van der Waals surface area contributed by atoms with Crippen LogP contribution >= 0.6 is 0 Å². The van der Waals surface area contributed by atoms with E-state index >= 15 is 0 Å². The molecule has 3 heterocycles. The standard InChI is InChI=1S/C53H77N7.C5H8.C3H8.2C2H6/c1-14-18-28-53(11,12)35-46-45-34-43(26-27-49(45)59(17-4)52(46)44-25-22-29-55-50(44)37(7)15-2)42-24-21-23-41(32-42)33-48(40(10)60-31-20-19-30-56-60)57-38(8)51(36(5)6)58(13)39(9)47(54)16-3;1-4-5(2)3;1-3-2;2*1-2/h14,21-27,29,32,34,36-37,47-48,51,56-57H,1,8-10,15-20,28,30-31,33,35,54H2,2-7,11-13H3;4H,1-2H2,3H3;3H2,1-2H3;2*1-2H3/t37?,47-,48?,51?;;;;/m0..../s1. The molecule has 4 aromatic rings. The van der Waals surface area contributed by atoms with Gasteiger partial charge < -0.3 is 25.5 Å². The average molecular weight is 985 g/mol. The highest BCUT2D eigenvalue weighted by molar-refractivity contribution is 5.95. The smallest absolute Gasteiger partial charge is 0.0707 e. The van der Waals surface area contributed by atoms with E-state index in [1.165, 1.54) is 62.9 Å². The number of pyridine rings is 1. The molecule has 0 spiro atoms. The molecule has 3 unspecified atom stereocenters. The molecule has 0 aliphatic carbocycles. The number of hydrogen-bond acceptors (Lipinski definition) is 6. The summed E-state index contributed by atoms with van der Waals surface area (Å²) in [6.07, 6.45) is 15.0. The molecule has 1 aliphatic heterocycles. The largest absolute Gasteiger partial charge is 0.378 e. The molecule has 7 heteroatoms. The molecule has 0 bridgehead atoms. The third kappa shape index (κ3) is 18.7. The summed E-state index contributed by atoms with van der Waals surface area (Å²) in [4.78, 5) is 7.22. The summed E-state index contributed by atoms with van der Waals surface area (Å²) < 4.78 is 2.54. The molecule has 7 nitrogen and oxygen atoms in total. The SMILES string of the molecule is C=CC(=C)C.C=CCCC(C)(C)Cc1c(-c2cccnc2C(C)CC)n(CC)c2ccc(-c3cccc(CC(NC(=C)C(C(C)C)N(C)C(=C)[C@@H](N)CC)C(=C)N4CCCCN4)c3)cc12.CC.CC.CCC. The first kappa shape index (κ1) is 64.9. The van der Waals surface area contributed by atoms with E-state index in [9.17, 15) is 0 Å². The van der Waals surface area contributed by atoms with Gasteiger partial charge in [-0.15, -0.1) is 6.58 Å². The fraction of sp³-hybridized carbons (Fsp3) is 0.523. The molecular weight excluding hydrogens is 879 g/mol. The second-order valence-corrected chi connectivity index (χ2v) is 20.2. The molecule has 72 heavy (non-hydrogen) atoms. The van der Waals surface area contributed by atoms with E-state index in [1.807, 2.05) is 40.8 Å². The molecular formula is C65H105N7. The number of likely N-dealkylation sites (N-methyl/N-ethyl adjacent to an activating group) is 1. The Hall–Kier alpha value is -5.11. The first-order valence-corrected chi connectivity index (χ1v) is 27.8. The van der Waals surface area contributed by atoms with Crippen LogP contribution in [0, 0.1) is 11.3 Å². The molecule has 0 saturated carbocycles. The lowest BCUT2D eigenvalue weighted by Gasteiger charge is -2.40. The van der Waals surface area contributed by atoms with Crippen LogP contribution in [-0.4, -0.2) is 57.7 Å². The van der Waals surface area contributed by atoms with Gasteiger partial charge in [-0.3, -0.25) is 4.98 Å². The zero-order chi connectivity index (χ0) is 54.7. The Balaban J connectivity index is 0.00000196. The van der Waals surface area contributed by atoms with Gasteiger partial charge >= 0.3 is 0 Å². The Morgan fingerprint density at radius 3 is 2.08 bits per heavy atom. The summed E-state index contributed by atoms with van der Waals surface area (Å²) >= 11 is 0. The predicted molar refractivity (Wildman–Crippen MR) is 322 cm³/mol. The third-order valence-electron chi connectivity index (χ3n) is 13.3. The lowest BCUT2D eigenvalue weighted by atomic mass is 9.80. The lowest BCUT2D eigenvalue weighted by molar-refractivity contribution is 0.185. The van der Waals surface area contributed by atoms with Crippen molar-refractivity contribution < 1.29 is 0 Å². The number of hydrogen-bond donors (Lipinski definition) is 3. The van der Waals surface area contributed by atoms with Crippen molar-refractivity contribution in [1.29, 1.82) is 0 Å². The summed E-state index contributed by atoms with van der Waals surface area (Å²) in [6.45, 7) is 60.0. The highest BCUT2D eigenvalue weighted by Crippen LogP contribution is 2.43. The molecule has 1 fully saturated rings. The Labute approximate surface area is 442 Å². The number of allylic oxidation sites excluding steroid dienone is 3. The van der Waals surface area contributed by atoms with Crippen molar-refractivity contribution in [1.82, 2.24) is 30.2 Å². The van der Waals surface area contributed by atoms with Gasteiger partial charge in [0.2, 0.25) is 0 Å². The van der Waals surface area contributed by atoms with Crippen LogP contribution in [0.1, 0.15) is 172 Å². The Morgan fingerprint density at radius 1 is 0.903 bits per heavy atom. The lowest BCUT2D eigenvalue weighted by Crippen LogP contribution is -2.51. The summed E-state index contributed by atoms with van der Waals surface area (Å²) in [5, 5.41) is 7.47. The summed E-state index contributed by atoms with van der Waals surface area (Å²) in [6, 6.07) is 20.4. The molecule has 2 aromatic carbocycles. The molecule has 1 aliphatic rings. The van der Waals surface area contributed by atoms with Gasteiger partial charge in [0.25, 0.3) is 0 Å². The van der Waals surface area contributed by atoms with Crippen molar-refractivity contribution in [2.45, 2.75) is 192 Å². The third-order valence-corrected chi connectivity index (χ3v) is 13.3. The quantitative estimate of drug-likeness (QED) is 0.0508. The number of nitrogens with two attached hydrogens (primary N) is 1. The highest BCUT2D eigenvalue weighted by Gasteiger charge is 2.30. The van der Waals surface area contributed by atoms with Crippen LogP contribution < -0.4 is 16.5 Å². The van der Waals surface area contributed by atoms with Crippen LogP contribution in [-0.2, 0) is 19.4 Å². The molecule has 2 aromatic heterocycles. The van der Waals surface area contributed by atoms with E-state index in [2.05, 4.69) is 202 Å². The number of aromatic nitrogens is 2. The van der Waals surface area contributed by atoms with Gasteiger partial charge in [-0.2, -0.15) is 0 Å². The van der Waals surface area contributed by atoms with E-state index < -0.39 is 0 Å². The maximum Gasteiger partial charge on any atom is 0.0707 e. The topological polar surface area (TPSA) is 74.4 Å². The number of nitrogens with one attached hydrogen (secondary N) is 2. The maximum absolute atomic E-state index is 6.49. The number of nitrogens with zero attached hydrogens (tertiary/aromatic N) is 4. The van der Waals surface area contributed by atoms with Crippen molar-refractivity contribution in [3.05, 3.63) is 152 Å². The van der Waals surface area contributed by atoms with Crippen LogP contribution in [0.4, 0.5) is 0 Å². The zero-order valence-electron chi connectivity index (χ0n) is 48.9. The van der Waals surface area contributed by atoms with E-state index in [4.69, 9.17) is 10.7 Å². The fourth-order valence-corrected chi connectivity index (χ4v) is 9.24. The van der Waals surface area contributed by atoms with Gasteiger partial charge in [-0.1, -0.05) is 177 Å². The van der Waals surface area contributed by atoms with Gasteiger partial charge in [0.15, 0.2) is 0 Å². The summed E-state index contributed by atoms with van der Waals surface area (Å²) in [5.41, 5.74) is 24.2. The first-order valence-electron chi connectivity index (χ1n) is 27.8.